The van der Waals surface area contributed by atoms with E-state index >= 15 is 0 Å². The lowest BCUT2D eigenvalue weighted by atomic mass is 10.2. The maximum atomic E-state index is 12.0. The smallest absolute Gasteiger partial charge is 0.250 e. The van der Waals surface area contributed by atoms with Crippen molar-refractivity contribution in [1.82, 2.24) is 15.4 Å². The Bertz CT molecular complexity index is 866. The highest BCUT2D eigenvalue weighted by Gasteiger charge is 2.08. The Morgan fingerprint density at radius 1 is 1.29 bits per heavy atom. The van der Waals surface area contributed by atoms with E-state index in [2.05, 4.69) is 59.3 Å². The van der Waals surface area contributed by atoms with Crippen molar-refractivity contribution in [3.05, 3.63) is 38.4 Å². The number of aromatic nitrogens is 2. The zero-order chi connectivity index (χ0) is 20.5. The zero-order valence-electron chi connectivity index (χ0n) is 15.4. The van der Waals surface area contributed by atoms with E-state index in [1.807, 2.05) is 13.0 Å². The first kappa shape index (κ1) is 23.2. The maximum absolute atomic E-state index is 12.0. The molecule has 0 spiro atoms. The number of phenolic OH excluding ortho intramolecular Hbond substituents is 1. The normalized spacial score (nSPS) is 11.1. The molecule has 2 aromatic rings. The fourth-order valence-electron chi connectivity index (χ4n) is 1.99. The number of hydrogen-bond acceptors (Lipinski definition) is 7. The van der Waals surface area contributed by atoms with Crippen LogP contribution in [0, 0.1) is 6.92 Å². The summed E-state index contributed by atoms with van der Waals surface area (Å²) in [6.45, 7) is 4.07. The molecule has 0 aliphatic carbocycles. The summed E-state index contributed by atoms with van der Waals surface area (Å²) in [5, 5.41) is 15.4. The number of phenols is 1. The molecule has 2 rings (SSSR count). The van der Waals surface area contributed by atoms with Crippen LogP contribution < -0.4 is 5.43 Å². The third kappa shape index (κ3) is 7.73. The highest BCUT2D eigenvalue weighted by molar-refractivity contribution is 9.11. The molecule has 0 aliphatic rings. The lowest BCUT2D eigenvalue weighted by Crippen LogP contribution is -2.19. The van der Waals surface area contributed by atoms with Crippen molar-refractivity contribution in [3.8, 4) is 5.75 Å². The largest absolute Gasteiger partial charge is 0.506 e. The topological polar surface area (TPSA) is 87.5 Å². The zero-order valence-corrected chi connectivity index (χ0v) is 20.2. The van der Waals surface area contributed by atoms with Crippen LogP contribution in [0.25, 0.3) is 0 Å². The van der Waals surface area contributed by atoms with Crippen LogP contribution >= 0.6 is 55.4 Å². The first-order valence-electron chi connectivity index (χ1n) is 8.50. The molecule has 0 fully saturated rings. The predicted octanol–water partition coefficient (Wildman–Crippen LogP) is 5.15. The number of amides is 1. The van der Waals surface area contributed by atoms with Crippen molar-refractivity contribution < 1.29 is 9.90 Å². The number of aryl methyl sites for hydroxylation is 1. The van der Waals surface area contributed by atoms with Crippen LogP contribution in [0.5, 0.6) is 5.75 Å². The summed E-state index contributed by atoms with van der Waals surface area (Å²) < 4.78 is 1.32. The quantitative estimate of drug-likeness (QED) is 0.113. The van der Waals surface area contributed by atoms with Crippen molar-refractivity contribution >= 4 is 67.5 Å². The Morgan fingerprint density at radius 3 is 2.82 bits per heavy atom. The highest BCUT2D eigenvalue weighted by Crippen LogP contribution is 2.30. The Hall–Kier alpha value is -1.10. The first-order valence-corrected chi connectivity index (χ1v) is 12.1. The van der Waals surface area contributed by atoms with Gasteiger partial charge in [-0.3, -0.25) is 4.79 Å². The third-order valence-corrected chi connectivity index (χ3v) is 6.25. The molecule has 1 amide bonds. The van der Waals surface area contributed by atoms with E-state index in [0.717, 1.165) is 38.9 Å². The van der Waals surface area contributed by atoms with Crippen molar-refractivity contribution in [2.75, 3.05) is 11.5 Å². The van der Waals surface area contributed by atoms with Crippen LogP contribution in [0.4, 0.5) is 0 Å². The van der Waals surface area contributed by atoms with E-state index in [1.165, 1.54) is 18.0 Å². The molecule has 28 heavy (non-hydrogen) atoms. The maximum Gasteiger partial charge on any atom is 0.250 e. The van der Waals surface area contributed by atoms with Crippen LogP contribution in [0.3, 0.4) is 0 Å². The van der Waals surface area contributed by atoms with Crippen molar-refractivity contribution in [2.45, 2.75) is 36.9 Å². The minimum atomic E-state index is -0.258. The second-order valence-electron chi connectivity index (χ2n) is 5.74. The molecule has 0 atom stereocenters. The van der Waals surface area contributed by atoms with Gasteiger partial charge in [0.15, 0.2) is 5.16 Å². The van der Waals surface area contributed by atoms with Gasteiger partial charge in [0.2, 0.25) is 5.91 Å². The molecule has 1 heterocycles. The number of benzene rings is 1. The number of hydrogen-bond donors (Lipinski definition) is 2. The molecule has 0 saturated carbocycles. The number of nitrogens with zero attached hydrogens (tertiary/aromatic N) is 3. The molecule has 0 saturated heterocycles. The van der Waals surface area contributed by atoms with E-state index in [9.17, 15) is 9.90 Å². The average molecular weight is 548 g/mol. The summed E-state index contributed by atoms with van der Waals surface area (Å²) in [4.78, 5) is 20.9. The third-order valence-electron chi connectivity index (χ3n) is 3.34. The van der Waals surface area contributed by atoms with Gasteiger partial charge in [-0.05, 0) is 47.5 Å². The van der Waals surface area contributed by atoms with E-state index < -0.39 is 0 Å². The number of hydrazone groups is 1. The number of rotatable bonds is 9. The van der Waals surface area contributed by atoms with E-state index in [-0.39, 0.29) is 17.4 Å². The summed E-state index contributed by atoms with van der Waals surface area (Å²) >= 11 is 9.56. The molecular formula is C18H20Br2N4O2S2. The summed E-state index contributed by atoms with van der Waals surface area (Å²) in [6.07, 6.45) is 3.65. The van der Waals surface area contributed by atoms with E-state index in [0.29, 0.717) is 10.0 Å². The Kier molecular flexibility index (Phi) is 9.76. The lowest BCUT2D eigenvalue weighted by molar-refractivity contribution is -0.118. The first-order chi connectivity index (χ1) is 13.4. The van der Waals surface area contributed by atoms with Gasteiger partial charge in [0.1, 0.15) is 10.8 Å². The van der Waals surface area contributed by atoms with Crippen LogP contribution in [0.1, 0.15) is 31.0 Å². The minimum Gasteiger partial charge on any atom is -0.506 e. The fraction of sp³-hybridized carbons (Fsp3) is 0.333. The molecule has 150 valence electrons. The number of unbranched alkanes of at least 4 members (excludes halogenated alkanes) is 1. The number of thioether (sulfide) groups is 2. The van der Waals surface area contributed by atoms with Gasteiger partial charge < -0.3 is 5.11 Å². The molecule has 0 radical (unpaired) electrons. The monoisotopic (exact) mass is 546 g/mol. The number of carbonyl (C=O) groups excluding carboxylic acids is 1. The van der Waals surface area contributed by atoms with Crippen molar-refractivity contribution in [1.29, 1.82) is 0 Å². The molecule has 6 nitrogen and oxygen atoms in total. The van der Waals surface area contributed by atoms with Crippen molar-refractivity contribution in [2.24, 2.45) is 5.10 Å². The second kappa shape index (κ2) is 11.8. The van der Waals surface area contributed by atoms with Gasteiger partial charge in [-0.25, -0.2) is 15.4 Å². The molecule has 1 aromatic heterocycles. The number of aromatic hydroxyl groups is 1. The summed E-state index contributed by atoms with van der Waals surface area (Å²) in [6, 6.07) is 5.29. The summed E-state index contributed by atoms with van der Waals surface area (Å²) in [7, 11) is 0. The number of carbonyl (C=O) groups is 1. The second-order valence-corrected chi connectivity index (χ2v) is 9.57. The van der Waals surface area contributed by atoms with Gasteiger partial charge in [-0.15, -0.1) is 0 Å². The van der Waals surface area contributed by atoms with Gasteiger partial charge in [0.25, 0.3) is 0 Å². The van der Waals surface area contributed by atoms with Crippen LogP contribution in [0.15, 0.2) is 42.4 Å². The molecular weight excluding hydrogens is 528 g/mol. The van der Waals surface area contributed by atoms with Gasteiger partial charge in [0, 0.05) is 21.5 Å². The summed E-state index contributed by atoms with van der Waals surface area (Å²) in [5.41, 5.74) is 3.82. The summed E-state index contributed by atoms with van der Waals surface area (Å²) in [5.74, 6) is 0.963. The van der Waals surface area contributed by atoms with Gasteiger partial charge in [-0.2, -0.15) is 5.10 Å². The SMILES string of the molecule is CCCCSc1nc(C)cc(SCC(=O)N/N=C\c2cc(Br)cc(Br)c2O)n1. The molecule has 1 aromatic carbocycles. The van der Waals surface area contributed by atoms with Crippen LogP contribution in [-0.2, 0) is 4.79 Å². The van der Waals surface area contributed by atoms with E-state index in [4.69, 9.17) is 0 Å². The molecule has 0 unspecified atom stereocenters. The minimum absolute atomic E-state index is 0.0557. The van der Waals surface area contributed by atoms with E-state index in [1.54, 1.807) is 23.9 Å². The highest BCUT2D eigenvalue weighted by atomic mass is 79.9. The predicted molar refractivity (Wildman–Crippen MR) is 122 cm³/mol. The van der Waals surface area contributed by atoms with Crippen LogP contribution in [0.2, 0.25) is 0 Å². The Morgan fingerprint density at radius 2 is 2.07 bits per heavy atom. The average Bonchev–Trinajstić information content (AvgIpc) is 2.64. The Labute approximate surface area is 189 Å². The molecule has 0 bridgehead atoms. The molecule has 10 heteroatoms. The van der Waals surface area contributed by atoms with Crippen molar-refractivity contribution in [3.63, 3.8) is 0 Å². The standard InChI is InChI=1S/C18H20Br2N4O2S2/c1-3-4-5-27-18-22-11(2)6-16(23-18)28-10-15(25)24-21-9-12-7-13(19)8-14(20)17(12)26/h6-9,26H,3-5,10H2,1-2H3,(H,24,25)/b21-9-. The molecule has 2 N–H and O–H groups in total. The van der Waals surface area contributed by atoms with Gasteiger partial charge in [-0.1, -0.05) is 52.8 Å². The van der Waals surface area contributed by atoms with Gasteiger partial charge >= 0.3 is 0 Å². The van der Waals surface area contributed by atoms with Gasteiger partial charge in [0.05, 0.1) is 16.4 Å². The Balaban J connectivity index is 1.89. The molecule has 0 aliphatic heterocycles. The lowest BCUT2D eigenvalue weighted by Gasteiger charge is -2.05. The fourth-order valence-corrected chi connectivity index (χ4v) is 5.04. The number of halogens is 2. The van der Waals surface area contributed by atoms with Crippen LogP contribution in [-0.4, -0.2) is 38.7 Å². The number of nitrogens with one attached hydrogen (secondary N) is 1.